The molecule has 0 bridgehead atoms. The molecule has 0 radical (unpaired) electrons. The van der Waals surface area contributed by atoms with Crippen LogP contribution in [0.15, 0.2) is 24.3 Å². The van der Waals surface area contributed by atoms with E-state index in [2.05, 4.69) is 0 Å². The van der Waals surface area contributed by atoms with Gasteiger partial charge >= 0.3 is 35.5 Å². The third-order valence-electron chi connectivity index (χ3n) is 3.76. The molecule has 0 aliphatic heterocycles. The van der Waals surface area contributed by atoms with Gasteiger partial charge in [0, 0.05) is 12.3 Å². The fraction of sp³-hybridized carbons (Fsp3) is 0.467. The molecule has 2 atom stereocenters. The summed E-state index contributed by atoms with van der Waals surface area (Å²) in [4.78, 5) is 22.4. The van der Waals surface area contributed by atoms with Crippen molar-refractivity contribution < 1.29 is 14.7 Å². The van der Waals surface area contributed by atoms with E-state index in [0.717, 1.165) is 36.8 Å². The van der Waals surface area contributed by atoms with E-state index < -0.39 is 11.9 Å². The Kier molecular flexibility index (Phi) is 6.24. The van der Waals surface area contributed by atoms with E-state index in [0.29, 0.717) is 5.78 Å². The molecule has 1 aromatic rings. The van der Waals surface area contributed by atoms with Crippen LogP contribution >= 0.6 is 0 Å². The second kappa shape index (κ2) is 7.22. The van der Waals surface area contributed by atoms with Crippen molar-refractivity contribution in [3.8, 4) is 0 Å². The first kappa shape index (κ1) is 16.4. The van der Waals surface area contributed by atoms with E-state index >= 15 is 0 Å². The molecule has 1 aliphatic carbocycles. The second-order valence-electron chi connectivity index (χ2n) is 5.06. The van der Waals surface area contributed by atoms with Crippen LogP contribution in [0.1, 0.15) is 43.2 Å². The number of carbonyl (C=O) groups excluding carboxylic acids is 1. The molecule has 1 aromatic carbocycles. The summed E-state index contributed by atoms with van der Waals surface area (Å²) in [6, 6.07) is 7.60. The van der Waals surface area contributed by atoms with E-state index in [1.54, 1.807) is 6.92 Å². The Balaban J connectivity index is 0.00000180. The van der Waals surface area contributed by atoms with Crippen molar-refractivity contribution >= 4 is 41.3 Å². The number of carboxylic acids is 1. The second-order valence-corrected chi connectivity index (χ2v) is 5.06. The van der Waals surface area contributed by atoms with Gasteiger partial charge < -0.3 is 5.11 Å². The summed E-state index contributed by atoms with van der Waals surface area (Å²) >= 11 is 0. The van der Waals surface area contributed by atoms with Gasteiger partial charge in [0.25, 0.3) is 0 Å². The minimum atomic E-state index is -0.811. The molecule has 2 rings (SSSR count). The van der Waals surface area contributed by atoms with Crippen LogP contribution in [0, 0.1) is 5.92 Å². The summed E-state index contributed by atoms with van der Waals surface area (Å²) in [7, 11) is 0. The van der Waals surface area contributed by atoms with Crippen molar-refractivity contribution in [1.29, 1.82) is 0 Å². The molecule has 0 amide bonds. The number of ketones is 1. The SMILES string of the molecule is CC(C(=O)O)c1ccc(CC2CCCC2=O)cc1.[NaH]. The molecule has 4 heteroatoms. The van der Waals surface area contributed by atoms with Gasteiger partial charge in [-0.3, -0.25) is 9.59 Å². The van der Waals surface area contributed by atoms with Crippen LogP contribution in [0.25, 0.3) is 0 Å². The van der Waals surface area contributed by atoms with E-state index in [9.17, 15) is 9.59 Å². The summed E-state index contributed by atoms with van der Waals surface area (Å²) in [6.07, 6.45) is 3.52. The molecule has 19 heavy (non-hydrogen) atoms. The minimum absolute atomic E-state index is 0. The number of benzene rings is 1. The summed E-state index contributed by atoms with van der Waals surface area (Å²) in [6.45, 7) is 1.68. The van der Waals surface area contributed by atoms with Gasteiger partial charge in [0.2, 0.25) is 0 Å². The molecule has 0 aromatic heterocycles. The van der Waals surface area contributed by atoms with Crippen LogP contribution in [0.2, 0.25) is 0 Å². The normalized spacial score (nSPS) is 19.8. The monoisotopic (exact) mass is 270 g/mol. The predicted octanol–water partition coefficient (Wildman–Crippen LogP) is 2.14. The Morgan fingerprint density at radius 2 is 2.00 bits per heavy atom. The topological polar surface area (TPSA) is 54.4 Å². The van der Waals surface area contributed by atoms with Gasteiger partial charge in [-0.2, -0.15) is 0 Å². The van der Waals surface area contributed by atoms with Crippen LogP contribution in [0.3, 0.4) is 0 Å². The maximum atomic E-state index is 11.6. The number of aliphatic carboxylic acids is 1. The molecule has 1 N–H and O–H groups in total. The van der Waals surface area contributed by atoms with Gasteiger partial charge in [-0.05, 0) is 37.3 Å². The van der Waals surface area contributed by atoms with Crippen LogP contribution in [-0.4, -0.2) is 46.4 Å². The summed E-state index contributed by atoms with van der Waals surface area (Å²) in [5.41, 5.74) is 1.93. The van der Waals surface area contributed by atoms with Gasteiger partial charge in [-0.25, -0.2) is 0 Å². The molecule has 1 aliphatic rings. The Labute approximate surface area is 135 Å². The molecule has 1 saturated carbocycles. The van der Waals surface area contributed by atoms with Crippen molar-refractivity contribution in [1.82, 2.24) is 0 Å². The van der Waals surface area contributed by atoms with Crippen molar-refractivity contribution in [3.63, 3.8) is 0 Å². The van der Waals surface area contributed by atoms with Gasteiger partial charge in [0.05, 0.1) is 5.92 Å². The quantitative estimate of drug-likeness (QED) is 0.853. The van der Waals surface area contributed by atoms with Crippen molar-refractivity contribution in [2.75, 3.05) is 0 Å². The van der Waals surface area contributed by atoms with Crippen molar-refractivity contribution in [3.05, 3.63) is 35.4 Å². The van der Waals surface area contributed by atoms with Crippen LogP contribution in [-0.2, 0) is 16.0 Å². The van der Waals surface area contributed by atoms with Crippen molar-refractivity contribution in [2.24, 2.45) is 5.92 Å². The van der Waals surface area contributed by atoms with Crippen molar-refractivity contribution in [2.45, 2.75) is 38.5 Å². The number of carboxylic acid groups (broad SMARTS) is 1. The fourth-order valence-electron chi connectivity index (χ4n) is 2.47. The van der Waals surface area contributed by atoms with E-state index in [4.69, 9.17) is 5.11 Å². The Hall–Kier alpha value is -0.640. The van der Waals surface area contributed by atoms with E-state index in [-0.39, 0.29) is 35.5 Å². The summed E-state index contributed by atoms with van der Waals surface area (Å²) in [5, 5.41) is 8.92. The number of hydrogen-bond acceptors (Lipinski definition) is 2. The zero-order valence-corrected chi connectivity index (χ0v) is 10.6. The molecule has 1 fully saturated rings. The molecule has 2 unspecified atom stereocenters. The maximum absolute atomic E-state index is 11.6. The molecule has 0 saturated heterocycles. The first-order valence-electron chi connectivity index (χ1n) is 6.42. The number of carbonyl (C=O) groups is 2. The number of Topliss-reactive ketones (excluding diaryl/α,β-unsaturated/α-hetero) is 1. The zero-order valence-electron chi connectivity index (χ0n) is 10.6. The molecule has 3 nitrogen and oxygen atoms in total. The van der Waals surface area contributed by atoms with Gasteiger partial charge in [0.15, 0.2) is 0 Å². The van der Waals surface area contributed by atoms with Crippen LogP contribution in [0.5, 0.6) is 0 Å². The summed E-state index contributed by atoms with van der Waals surface area (Å²) < 4.78 is 0. The van der Waals surface area contributed by atoms with Crippen LogP contribution in [0.4, 0.5) is 0 Å². The standard InChI is InChI=1S/C15H18O3.Na.H/c1-10(15(17)18)12-7-5-11(6-8-12)9-13-3-2-4-14(13)16;;/h5-8,10,13H,2-4,9H2,1H3,(H,17,18);;. The van der Waals surface area contributed by atoms with E-state index in [1.165, 1.54) is 0 Å². The molecule has 0 heterocycles. The Bertz CT molecular complexity index is 453. The molecular weight excluding hydrogens is 251 g/mol. The predicted molar refractivity (Wildman–Crippen MR) is 75.7 cm³/mol. The average Bonchev–Trinajstić information content (AvgIpc) is 2.75. The fourth-order valence-corrected chi connectivity index (χ4v) is 2.47. The average molecular weight is 270 g/mol. The Morgan fingerprint density at radius 3 is 2.47 bits per heavy atom. The molecular formula is C15H19NaO3. The van der Waals surface area contributed by atoms with Gasteiger partial charge in [0.1, 0.15) is 5.78 Å². The number of hydrogen-bond donors (Lipinski definition) is 1. The molecule has 0 spiro atoms. The van der Waals surface area contributed by atoms with Gasteiger partial charge in [-0.1, -0.05) is 24.3 Å². The first-order valence-corrected chi connectivity index (χ1v) is 6.42. The molecule has 98 valence electrons. The Morgan fingerprint density at radius 1 is 1.37 bits per heavy atom. The number of rotatable bonds is 4. The van der Waals surface area contributed by atoms with E-state index in [1.807, 2.05) is 24.3 Å². The third-order valence-corrected chi connectivity index (χ3v) is 3.76. The first-order chi connectivity index (χ1) is 8.58. The van der Waals surface area contributed by atoms with Crippen LogP contribution < -0.4 is 0 Å². The summed E-state index contributed by atoms with van der Waals surface area (Å²) in [5.74, 6) is -0.744. The third kappa shape index (κ3) is 4.16. The van der Waals surface area contributed by atoms with Gasteiger partial charge in [-0.15, -0.1) is 0 Å². The zero-order chi connectivity index (χ0) is 13.1.